The monoisotopic (exact) mass is 251 g/mol. The Bertz CT molecular complexity index is 504. The second kappa shape index (κ2) is 4.48. The minimum atomic E-state index is 0.385. The molecule has 2 aliphatic rings. The van der Waals surface area contributed by atoms with Gasteiger partial charge < -0.3 is 0 Å². The maximum Gasteiger partial charge on any atom is 0.0832 e. The SMILES string of the molecule is c1ccc([C@H]2CC3C[C@H](c4ccccc4)N2O3)cc1. The molecule has 0 spiro atoms. The molecule has 2 heterocycles. The van der Waals surface area contributed by atoms with E-state index in [9.17, 15) is 0 Å². The van der Waals surface area contributed by atoms with Crippen LogP contribution in [0.3, 0.4) is 0 Å². The molecule has 0 amide bonds. The lowest BCUT2D eigenvalue weighted by Gasteiger charge is -2.29. The van der Waals surface area contributed by atoms with Crippen LogP contribution in [-0.4, -0.2) is 11.2 Å². The summed E-state index contributed by atoms with van der Waals surface area (Å²) in [5.74, 6) is 0. The minimum absolute atomic E-state index is 0.385. The van der Waals surface area contributed by atoms with Gasteiger partial charge in [0.1, 0.15) is 0 Å². The Balaban J connectivity index is 1.65. The van der Waals surface area contributed by atoms with Gasteiger partial charge in [-0.2, -0.15) is 5.06 Å². The van der Waals surface area contributed by atoms with Gasteiger partial charge >= 0.3 is 0 Å². The number of benzene rings is 2. The predicted molar refractivity (Wildman–Crippen MR) is 74.3 cm³/mol. The number of piperidine rings is 1. The van der Waals surface area contributed by atoms with E-state index in [0.717, 1.165) is 12.8 Å². The lowest BCUT2D eigenvalue weighted by atomic mass is 9.90. The Labute approximate surface area is 113 Å². The van der Waals surface area contributed by atoms with Crippen LogP contribution in [0.5, 0.6) is 0 Å². The molecule has 2 aromatic carbocycles. The average molecular weight is 251 g/mol. The van der Waals surface area contributed by atoms with Crippen molar-refractivity contribution in [2.24, 2.45) is 0 Å². The molecule has 0 aliphatic carbocycles. The van der Waals surface area contributed by atoms with Crippen molar-refractivity contribution in [1.29, 1.82) is 0 Å². The molecule has 0 unspecified atom stereocenters. The van der Waals surface area contributed by atoms with Gasteiger partial charge in [-0.3, -0.25) is 4.84 Å². The number of hydroxylamine groups is 2. The molecule has 2 nitrogen and oxygen atoms in total. The van der Waals surface area contributed by atoms with E-state index in [-0.39, 0.29) is 0 Å². The highest BCUT2D eigenvalue weighted by Gasteiger charge is 2.46. The highest BCUT2D eigenvalue weighted by molar-refractivity contribution is 5.25. The van der Waals surface area contributed by atoms with Gasteiger partial charge in [0.05, 0.1) is 18.2 Å². The second-order valence-corrected chi connectivity index (χ2v) is 5.41. The van der Waals surface area contributed by atoms with Crippen molar-refractivity contribution < 1.29 is 4.84 Å². The van der Waals surface area contributed by atoms with Crippen LogP contribution < -0.4 is 0 Å². The van der Waals surface area contributed by atoms with E-state index in [1.165, 1.54) is 11.1 Å². The van der Waals surface area contributed by atoms with Gasteiger partial charge in [0.15, 0.2) is 0 Å². The Hall–Kier alpha value is -1.64. The van der Waals surface area contributed by atoms with Gasteiger partial charge in [0.2, 0.25) is 0 Å². The first kappa shape index (κ1) is 11.2. The maximum atomic E-state index is 6.04. The zero-order valence-corrected chi connectivity index (χ0v) is 10.8. The van der Waals surface area contributed by atoms with Crippen molar-refractivity contribution in [3.8, 4) is 0 Å². The van der Waals surface area contributed by atoms with E-state index in [4.69, 9.17) is 4.84 Å². The summed E-state index contributed by atoms with van der Waals surface area (Å²) < 4.78 is 0. The molecular weight excluding hydrogens is 234 g/mol. The summed E-state index contributed by atoms with van der Waals surface area (Å²) in [6, 6.07) is 22.2. The molecule has 0 aromatic heterocycles. The molecule has 2 atom stereocenters. The summed E-state index contributed by atoms with van der Waals surface area (Å²) in [5, 5.41) is 2.22. The Kier molecular flexibility index (Phi) is 2.64. The fourth-order valence-electron chi connectivity index (χ4n) is 3.34. The van der Waals surface area contributed by atoms with Crippen molar-refractivity contribution in [2.75, 3.05) is 0 Å². The first-order chi connectivity index (χ1) is 9.42. The van der Waals surface area contributed by atoms with Crippen LogP contribution >= 0.6 is 0 Å². The smallest absolute Gasteiger partial charge is 0.0832 e. The van der Waals surface area contributed by atoms with E-state index in [2.05, 4.69) is 65.7 Å². The topological polar surface area (TPSA) is 12.5 Å². The largest absolute Gasteiger partial charge is 0.294 e. The summed E-state index contributed by atoms with van der Waals surface area (Å²) in [6.45, 7) is 0. The van der Waals surface area contributed by atoms with Gasteiger partial charge in [-0.25, -0.2) is 0 Å². The van der Waals surface area contributed by atoms with Gasteiger partial charge in [0.25, 0.3) is 0 Å². The number of hydrogen-bond donors (Lipinski definition) is 0. The van der Waals surface area contributed by atoms with Crippen molar-refractivity contribution in [1.82, 2.24) is 5.06 Å². The Morgan fingerprint density at radius 2 is 1.21 bits per heavy atom. The molecule has 2 aliphatic heterocycles. The average Bonchev–Trinajstić information content (AvgIpc) is 3.09. The van der Waals surface area contributed by atoms with Crippen molar-refractivity contribution in [3.63, 3.8) is 0 Å². The number of fused-ring (bicyclic) bond motifs is 2. The van der Waals surface area contributed by atoms with Gasteiger partial charge in [-0.05, 0) is 24.0 Å². The molecule has 0 saturated carbocycles. The molecule has 4 rings (SSSR count). The van der Waals surface area contributed by atoms with E-state index in [0.29, 0.717) is 18.2 Å². The standard InChI is InChI=1S/C17H17NO/c1-3-7-13(8-4-1)16-11-15-12-17(18(16)19-15)14-9-5-2-6-10-14/h1-10,15-17H,11-12H2/t16-,17-/m1/s1. The van der Waals surface area contributed by atoms with Crippen LogP contribution in [-0.2, 0) is 4.84 Å². The quantitative estimate of drug-likeness (QED) is 0.803. The van der Waals surface area contributed by atoms with Crippen molar-refractivity contribution in [2.45, 2.75) is 31.0 Å². The minimum Gasteiger partial charge on any atom is -0.294 e. The molecule has 0 N–H and O–H groups in total. The number of nitrogens with zero attached hydrogens (tertiary/aromatic N) is 1. The molecule has 2 bridgehead atoms. The molecule has 2 fully saturated rings. The third kappa shape index (κ3) is 1.88. The zero-order chi connectivity index (χ0) is 12.7. The summed E-state index contributed by atoms with van der Waals surface area (Å²) >= 11 is 0. The van der Waals surface area contributed by atoms with Crippen LogP contribution in [0.4, 0.5) is 0 Å². The maximum absolute atomic E-state index is 6.04. The molecule has 2 aromatic rings. The molecule has 2 heteroatoms. The first-order valence-corrected chi connectivity index (χ1v) is 6.97. The van der Waals surface area contributed by atoms with E-state index >= 15 is 0 Å². The van der Waals surface area contributed by atoms with Crippen molar-refractivity contribution in [3.05, 3.63) is 71.8 Å². The summed E-state index contributed by atoms with van der Waals surface area (Å²) in [7, 11) is 0. The van der Waals surface area contributed by atoms with Crippen molar-refractivity contribution >= 4 is 0 Å². The Morgan fingerprint density at radius 3 is 1.63 bits per heavy atom. The highest BCUT2D eigenvalue weighted by Crippen LogP contribution is 2.49. The summed E-state index contributed by atoms with van der Waals surface area (Å²) in [6.07, 6.45) is 2.62. The van der Waals surface area contributed by atoms with E-state index in [1.807, 2.05) is 0 Å². The van der Waals surface area contributed by atoms with Gasteiger partial charge in [0, 0.05) is 0 Å². The van der Waals surface area contributed by atoms with Crippen LogP contribution in [0.25, 0.3) is 0 Å². The molecule has 19 heavy (non-hydrogen) atoms. The normalized spacial score (nSPS) is 32.6. The molecule has 0 radical (unpaired) electrons. The Morgan fingerprint density at radius 1 is 0.737 bits per heavy atom. The van der Waals surface area contributed by atoms with Crippen LogP contribution in [0.2, 0.25) is 0 Å². The van der Waals surface area contributed by atoms with Crippen LogP contribution in [0, 0.1) is 0 Å². The third-order valence-electron chi connectivity index (χ3n) is 4.23. The molecule has 96 valence electrons. The van der Waals surface area contributed by atoms with Gasteiger partial charge in [-0.15, -0.1) is 0 Å². The second-order valence-electron chi connectivity index (χ2n) is 5.41. The summed E-state index contributed by atoms with van der Waals surface area (Å²) in [5.41, 5.74) is 2.73. The first-order valence-electron chi connectivity index (χ1n) is 6.97. The molecule has 2 saturated heterocycles. The highest BCUT2D eigenvalue weighted by atomic mass is 16.7. The van der Waals surface area contributed by atoms with Crippen LogP contribution in [0.1, 0.15) is 36.1 Å². The summed E-state index contributed by atoms with van der Waals surface area (Å²) in [4.78, 5) is 6.04. The van der Waals surface area contributed by atoms with E-state index in [1.54, 1.807) is 0 Å². The fourth-order valence-corrected chi connectivity index (χ4v) is 3.34. The fraction of sp³-hybridized carbons (Fsp3) is 0.294. The lowest BCUT2D eigenvalue weighted by Crippen LogP contribution is -2.26. The van der Waals surface area contributed by atoms with Gasteiger partial charge in [-0.1, -0.05) is 60.7 Å². The third-order valence-corrected chi connectivity index (χ3v) is 4.23. The zero-order valence-electron chi connectivity index (χ0n) is 10.8. The molecular formula is C17H17NO. The van der Waals surface area contributed by atoms with Crippen LogP contribution in [0.15, 0.2) is 60.7 Å². The number of rotatable bonds is 2. The predicted octanol–water partition coefficient (Wildman–Crippen LogP) is 3.88. The van der Waals surface area contributed by atoms with E-state index < -0.39 is 0 Å². The number of hydrogen-bond acceptors (Lipinski definition) is 2. The lowest BCUT2D eigenvalue weighted by molar-refractivity contribution is -0.136.